The number of benzene rings is 1. The first kappa shape index (κ1) is 13.1. The van der Waals surface area contributed by atoms with E-state index in [0.29, 0.717) is 19.0 Å². The third kappa shape index (κ3) is 3.09. The van der Waals surface area contributed by atoms with E-state index in [-0.39, 0.29) is 0 Å². The summed E-state index contributed by atoms with van der Waals surface area (Å²) in [6.07, 6.45) is 1.74. The molecule has 0 aliphatic carbocycles. The van der Waals surface area contributed by atoms with Crippen molar-refractivity contribution in [3.63, 3.8) is 0 Å². The third-order valence-corrected chi connectivity index (χ3v) is 3.21. The lowest BCUT2D eigenvalue weighted by Gasteiger charge is -2.11. The number of aryl methyl sites for hydroxylation is 1. The van der Waals surface area contributed by atoms with E-state index in [1.807, 2.05) is 37.3 Å². The lowest BCUT2D eigenvalue weighted by molar-refractivity contribution is 0.290. The Morgan fingerprint density at radius 1 is 1.33 bits per heavy atom. The number of hydrogen-bond acceptors (Lipinski definition) is 3. The summed E-state index contributed by atoms with van der Waals surface area (Å²) in [5.74, 6) is 0.623. The van der Waals surface area contributed by atoms with Crippen LogP contribution in [-0.2, 0) is 13.2 Å². The van der Waals surface area contributed by atoms with Gasteiger partial charge < -0.3 is 10.5 Å². The molecule has 0 amide bonds. The molecule has 1 aromatic carbocycles. The van der Waals surface area contributed by atoms with Crippen molar-refractivity contribution in [3.05, 3.63) is 57.7 Å². The van der Waals surface area contributed by atoms with Crippen molar-refractivity contribution in [2.45, 2.75) is 20.1 Å². The second-order valence-electron chi connectivity index (χ2n) is 4.03. The van der Waals surface area contributed by atoms with Gasteiger partial charge >= 0.3 is 0 Å². The van der Waals surface area contributed by atoms with E-state index in [2.05, 4.69) is 20.9 Å². The normalized spacial score (nSPS) is 10.4. The standard InChI is InChI=1S/C14H15BrN2O/c1-10-5-6-17-14(13(10)8-16)18-9-11-3-2-4-12(15)7-11/h2-7H,8-9,16H2,1H3. The molecule has 0 radical (unpaired) electrons. The maximum atomic E-state index is 5.74. The molecule has 1 heterocycles. The predicted octanol–water partition coefficient (Wildman–Crippen LogP) is 3.19. The van der Waals surface area contributed by atoms with Gasteiger partial charge in [0.2, 0.25) is 5.88 Å². The van der Waals surface area contributed by atoms with Crippen molar-refractivity contribution in [2.75, 3.05) is 0 Å². The monoisotopic (exact) mass is 306 g/mol. The van der Waals surface area contributed by atoms with Crippen LogP contribution in [0.15, 0.2) is 41.0 Å². The second-order valence-corrected chi connectivity index (χ2v) is 4.95. The minimum Gasteiger partial charge on any atom is -0.473 e. The molecule has 2 N–H and O–H groups in total. The Kier molecular flexibility index (Phi) is 4.33. The molecule has 0 bridgehead atoms. The number of hydrogen-bond donors (Lipinski definition) is 1. The van der Waals surface area contributed by atoms with Gasteiger partial charge in [-0.15, -0.1) is 0 Å². The molecule has 0 saturated heterocycles. The van der Waals surface area contributed by atoms with Gasteiger partial charge in [0, 0.05) is 22.8 Å². The van der Waals surface area contributed by atoms with E-state index in [1.54, 1.807) is 6.20 Å². The molecular formula is C14H15BrN2O. The fourth-order valence-electron chi connectivity index (χ4n) is 1.72. The quantitative estimate of drug-likeness (QED) is 0.943. The summed E-state index contributed by atoms with van der Waals surface area (Å²) in [5, 5.41) is 0. The molecule has 2 rings (SSSR count). The van der Waals surface area contributed by atoms with Gasteiger partial charge in [-0.1, -0.05) is 28.1 Å². The lowest BCUT2D eigenvalue weighted by Crippen LogP contribution is -2.06. The van der Waals surface area contributed by atoms with Gasteiger partial charge in [-0.3, -0.25) is 0 Å². The molecule has 0 fully saturated rings. The Hall–Kier alpha value is -1.39. The maximum Gasteiger partial charge on any atom is 0.218 e. The van der Waals surface area contributed by atoms with Crippen LogP contribution < -0.4 is 10.5 Å². The van der Waals surface area contributed by atoms with Crippen LogP contribution in [0.2, 0.25) is 0 Å². The van der Waals surface area contributed by atoms with E-state index in [1.165, 1.54) is 0 Å². The van der Waals surface area contributed by atoms with Gasteiger partial charge in [-0.2, -0.15) is 0 Å². The average molecular weight is 307 g/mol. The molecule has 3 nitrogen and oxygen atoms in total. The minimum atomic E-state index is 0.438. The highest BCUT2D eigenvalue weighted by molar-refractivity contribution is 9.10. The van der Waals surface area contributed by atoms with Crippen molar-refractivity contribution < 1.29 is 4.74 Å². The van der Waals surface area contributed by atoms with Crippen LogP contribution in [0.25, 0.3) is 0 Å². The van der Waals surface area contributed by atoms with Crippen LogP contribution in [-0.4, -0.2) is 4.98 Å². The van der Waals surface area contributed by atoms with E-state index in [9.17, 15) is 0 Å². The Balaban J connectivity index is 2.13. The van der Waals surface area contributed by atoms with Crippen LogP contribution in [0.5, 0.6) is 5.88 Å². The zero-order chi connectivity index (χ0) is 13.0. The highest BCUT2D eigenvalue weighted by Gasteiger charge is 2.06. The first-order valence-corrected chi connectivity index (χ1v) is 6.52. The van der Waals surface area contributed by atoms with Gasteiger partial charge in [-0.25, -0.2) is 4.98 Å². The number of nitrogens with zero attached hydrogens (tertiary/aromatic N) is 1. The smallest absolute Gasteiger partial charge is 0.218 e. The SMILES string of the molecule is Cc1ccnc(OCc2cccc(Br)c2)c1CN. The zero-order valence-electron chi connectivity index (χ0n) is 10.2. The summed E-state index contributed by atoms with van der Waals surface area (Å²) in [5.41, 5.74) is 8.88. The molecular weight excluding hydrogens is 292 g/mol. The van der Waals surface area contributed by atoms with Gasteiger partial charge in [0.15, 0.2) is 0 Å². The first-order valence-electron chi connectivity index (χ1n) is 5.72. The molecule has 0 atom stereocenters. The number of ether oxygens (including phenoxy) is 1. The summed E-state index contributed by atoms with van der Waals surface area (Å²) in [6.45, 7) is 2.94. The molecule has 4 heteroatoms. The van der Waals surface area contributed by atoms with Crippen molar-refractivity contribution in [3.8, 4) is 5.88 Å². The van der Waals surface area contributed by atoms with Crippen LogP contribution in [0.3, 0.4) is 0 Å². The molecule has 0 saturated carbocycles. The van der Waals surface area contributed by atoms with Crippen LogP contribution >= 0.6 is 15.9 Å². The highest BCUT2D eigenvalue weighted by Crippen LogP contribution is 2.20. The van der Waals surface area contributed by atoms with E-state index in [4.69, 9.17) is 10.5 Å². The van der Waals surface area contributed by atoms with Gasteiger partial charge in [0.05, 0.1) is 0 Å². The Labute approximate surface area is 115 Å². The van der Waals surface area contributed by atoms with E-state index >= 15 is 0 Å². The Morgan fingerprint density at radius 3 is 2.89 bits per heavy atom. The Bertz CT molecular complexity index is 543. The number of pyridine rings is 1. The van der Waals surface area contributed by atoms with E-state index < -0.39 is 0 Å². The van der Waals surface area contributed by atoms with Crippen LogP contribution in [0.4, 0.5) is 0 Å². The zero-order valence-corrected chi connectivity index (χ0v) is 11.8. The number of aromatic nitrogens is 1. The molecule has 0 aliphatic rings. The molecule has 2 aromatic rings. The third-order valence-electron chi connectivity index (χ3n) is 2.72. The average Bonchev–Trinajstić information content (AvgIpc) is 2.36. The number of nitrogens with two attached hydrogens (primary N) is 1. The fourth-order valence-corrected chi connectivity index (χ4v) is 2.16. The molecule has 1 aromatic heterocycles. The minimum absolute atomic E-state index is 0.438. The molecule has 0 aliphatic heterocycles. The maximum absolute atomic E-state index is 5.74. The number of rotatable bonds is 4. The molecule has 0 spiro atoms. The largest absolute Gasteiger partial charge is 0.473 e. The summed E-state index contributed by atoms with van der Waals surface area (Å²) in [7, 11) is 0. The van der Waals surface area contributed by atoms with Crippen molar-refractivity contribution in [1.29, 1.82) is 0 Å². The van der Waals surface area contributed by atoms with Gasteiger partial charge in [-0.05, 0) is 36.2 Å². The van der Waals surface area contributed by atoms with Crippen molar-refractivity contribution in [1.82, 2.24) is 4.98 Å². The van der Waals surface area contributed by atoms with Crippen molar-refractivity contribution in [2.24, 2.45) is 5.73 Å². The summed E-state index contributed by atoms with van der Waals surface area (Å²) in [6, 6.07) is 9.95. The predicted molar refractivity (Wildman–Crippen MR) is 75.3 cm³/mol. The first-order chi connectivity index (χ1) is 8.70. The fraction of sp³-hybridized carbons (Fsp3) is 0.214. The van der Waals surface area contributed by atoms with Crippen LogP contribution in [0.1, 0.15) is 16.7 Å². The highest BCUT2D eigenvalue weighted by atomic mass is 79.9. The topological polar surface area (TPSA) is 48.1 Å². The van der Waals surface area contributed by atoms with Gasteiger partial charge in [0.25, 0.3) is 0 Å². The summed E-state index contributed by atoms with van der Waals surface area (Å²) >= 11 is 3.44. The number of halogens is 1. The molecule has 94 valence electrons. The van der Waals surface area contributed by atoms with Gasteiger partial charge in [0.1, 0.15) is 6.61 Å². The molecule has 0 unspecified atom stereocenters. The lowest BCUT2D eigenvalue weighted by atomic mass is 10.1. The van der Waals surface area contributed by atoms with E-state index in [0.717, 1.165) is 21.2 Å². The van der Waals surface area contributed by atoms with Crippen molar-refractivity contribution >= 4 is 15.9 Å². The summed E-state index contributed by atoms with van der Waals surface area (Å²) in [4.78, 5) is 4.23. The second kappa shape index (κ2) is 5.98. The molecule has 18 heavy (non-hydrogen) atoms. The summed E-state index contributed by atoms with van der Waals surface area (Å²) < 4.78 is 6.78. The Morgan fingerprint density at radius 2 is 2.17 bits per heavy atom. The van der Waals surface area contributed by atoms with Crippen LogP contribution in [0, 0.1) is 6.92 Å².